The first-order valence-electron chi connectivity index (χ1n) is 8.53. The highest BCUT2D eigenvalue weighted by Gasteiger charge is 2.20. The Morgan fingerprint density at radius 1 is 1.17 bits per heavy atom. The highest BCUT2D eigenvalue weighted by molar-refractivity contribution is 5.95. The van der Waals surface area contributed by atoms with Gasteiger partial charge in [-0.2, -0.15) is 0 Å². The lowest BCUT2D eigenvalue weighted by atomic mass is 10.0. The quantitative estimate of drug-likeness (QED) is 0.844. The molecule has 2 unspecified atom stereocenters. The fraction of sp³-hybridized carbons (Fsp3) is 0.450. The SMILES string of the molecule is Cc1cc(C(=O)NC(C)CC(O)c2ccccc2)c(C)n1C(C)C. The zero-order valence-electron chi connectivity index (χ0n) is 15.2. The number of aryl methyl sites for hydroxylation is 1. The highest BCUT2D eigenvalue weighted by Crippen LogP contribution is 2.21. The summed E-state index contributed by atoms with van der Waals surface area (Å²) in [6.07, 6.45) is -0.0943. The smallest absolute Gasteiger partial charge is 0.253 e. The van der Waals surface area contributed by atoms with Gasteiger partial charge in [0.15, 0.2) is 0 Å². The lowest BCUT2D eigenvalue weighted by molar-refractivity contribution is 0.0916. The van der Waals surface area contributed by atoms with Gasteiger partial charge in [0.1, 0.15) is 0 Å². The Labute approximate surface area is 144 Å². The van der Waals surface area contributed by atoms with E-state index in [1.54, 1.807) is 0 Å². The molecule has 0 fully saturated rings. The highest BCUT2D eigenvalue weighted by atomic mass is 16.3. The van der Waals surface area contributed by atoms with E-state index in [2.05, 4.69) is 23.7 Å². The van der Waals surface area contributed by atoms with Crippen LogP contribution in [0.25, 0.3) is 0 Å². The minimum absolute atomic E-state index is 0.0808. The normalized spacial score (nSPS) is 13.8. The molecule has 0 aliphatic rings. The van der Waals surface area contributed by atoms with Crippen LogP contribution in [0.3, 0.4) is 0 Å². The number of benzene rings is 1. The average Bonchev–Trinajstić information content (AvgIpc) is 2.82. The first-order chi connectivity index (χ1) is 11.3. The predicted molar refractivity (Wildman–Crippen MR) is 97.2 cm³/mol. The summed E-state index contributed by atoms with van der Waals surface area (Å²) in [4.78, 5) is 12.6. The van der Waals surface area contributed by atoms with Crippen molar-refractivity contribution in [3.05, 3.63) is 58.9 Å². The fourth-order valence-corrected chi connectivity index (χ4v) is 3.31. The monoisotopic (exact) mass is 328 g/mol. The molecular weight excluding hydrogens is 300 g/mol. The molecule has 1 heterocycles. The van der Waals surface area contributed by atoms with Crippen molar-refractivity contribution < 1.29 is 9.90 Å². The van der Waals surface area contributed by atoms with Crippen molar-refractivity contribution in [2.24, 2.45) is 0 Å². The van der Waals surface area contributed by atoms with Gasteiger partial charge in [0.05, 0.1) is 11.7 Å². The Morgan fingerprint density at radius 3 is 2.33 bits per heavy atom. The zero-order chi connectivity index (χ0) is 17.9. The number of hydrogen-bond donors (Lipinski definition) is 2. The molecule has 24 heavy (non-hydrogen) atoms. The molecule has 0 saturated heterocycles. The largest absolute Gasteiger partial charge is 0.388 e. The summed E-state index contributed by atoms with van der Waals surface area (Å²) in [5.41, 5.74) is 3.65. The van der Waals surface area contributed by atoms with Crippen molar-refractivity contribution >= 4 is 5.91 Å². The van der Waals surface area contributed by atoms with Crippen LogP contribution in [0, 0.1) is 13.8 Å². The molecule has 1 aromatic heterocycles. The molecule has 4 heteroatoms. The van der Waals surface area contributed by atoms with Crippen LogP contribution in [0.15, 0.2) is 36.4 Å². The van der Waals surface area contributed by atoms with Gasteiger partial charge in [-0.25, -0.2) is 0 Å². The molecule has 2 atom stereocenters. The van der Waals surface area contributed by atoms with Gasteiger partial charge in [-0.1, -0.05) is 30.3 Å². The number of amides is 1. The van der Waals surface area contributed by atoms with Crippen molar-refractivity contribution in [2.75, 3.05) is 0 Å². The Hall–Kier alpha value is -2.07. The summed E-state index contributed by atoms with van der Waals surface area (Å²) in [5.74, 6) is -0.0808. The van der Waals surface area contributed by atoms with E-state index in [9.17, 15) is 9.90 Å². The number of hydrogen-bond acceptors (Lipinski definition) is 2. The topological polar surface area (TPSA) is 54.3 Å². The number of carbonyl (C=O) groups is 1. The van der Waals surface area contributed by atoms with Gasteiger partial charge in [0.25, 0.3) is 5.91 Å². The summed E-state index contributed by atoms with van der Waals surface area (Å²) in [6, 6.07) is 11.7. The van der Waals surface area contributed by atoms with Crippen molar-refractivity contribution in [1.29, 1.82) is 0 Å². The van der Waals surface area contributed by atoms with Gasteiger partial charge >= 0.3 is 0 Å². The third kappa shape index (κ3) is 4.06. The number of nitrogens with one attached hydrogen (secondary N) is 1. The molecule has 0 aliphatic carbocycles. The van der Waals surface area contributed by atoms with E-state index in [-0.39, 0.29) is 11.9 Å². The second kappa shape index (κ2) is 7.67. The molecule has 2 N–H and O–H groups in total. The molecule has 0 radical (unpaired) electrons. The van der Waals surface area contributed by atoms with E-state index in [0.29, 0.717) is 18.0 Å². The minimum Gasteiger partial charge on any atom is -0.388 e. The van der Waals surface area contributed by atoms with Crippen molar-refractivity contribution in [2.45, 2.75) is 59.2 Å². The van der Waals surface area contributed by atoms with E-state index in [4.69, 9.17) is 0 Å². The summed E-state index contributed by atoms with van der Waals surface area (Å²) in [5, 5.41) is 13.3. The average molecular weight is 328 g/mol. The van der Waals surface area contributed by atoms with Crippen LogP contribution >= 0.6 is 0 Å². The maximum absolute atomic E-state index is 12.6. The van der Waals surface area contributed by atoms with E-state index in [0.717, 1.165) is 17.0 Å². The van der Waals surface area contributed by atoms with Crippen LogP contribution < -0.4 is 5.32 Å². The molecular formula is C20H28N2O2. The van der Waals surface area contributed by atoms with Gasteiger partial charge in [-0.15, -0.1) is 0 Å². The van der Waals surface area contributed by atoms with Crippen LogP contribution in [0.5, 0.6) is 0 Å². The minimum atomic E-state index is -0.579. The number of carbonyl (C=O) groups excluding carboxylic acids is 1. The van der Waals surface area contributed by atoms with Crippen LogP contribution in [-0.2, 0) is 0 Å². The summed E-state index contributed by atoms with van der Waals surface area (Å²) >= 11 is 0. The molecule has 0 spiro atoms. The maximum atomic E-state index is 12.6. The Morgan fingerprint density at radius 2 is 1.79 bits per heavy atom. The summed E-state index contributed by atoms with van der Waals surface area (Å²) in [7, 11) is 0. The standard InChI is InChI=1S/C20H28N2O2/c1-13(2)22-15(4)12-18(16(22)5)20(24)21-14(3)11-19(23)17-9-7-6-8-10-17/h6-10,12-14,19,23H,11H2,1-5H3,(H,21,24). The molecule has 2 rings (SSSR count). The molecule has 130 valence electrons. The predicted octanol–water partition coefficient (Wildman–Crippen LogP) is 3.93. The molecule has 2 aromatic rings. The second-order valence-corrected chi connectivity index (χ2v) is 6.79. The van der Waals surface area contributed by atoms with Crippen molar-refractivity contribution in [1.82, 2.24) is 9.88 Å². The van der Waals surface area contributed by atoms with Crippen LogP contribution in [-0.4, -0.2) is 21.6 Å². The van der Waals surface area contributed by atoms with Crippen LogP contribution in [0.4, 0.5) is 0 Å². The van der Waals surface area contributed by atoms with E-state index in [1.807, 2.05) is 57.2 Å². The molecule has 1 aromatic carbocycles. The molecule has 1 amide bonds. The zero-order valence-corrected chi connectivity index (χ0v) is 15.2. The Balaban J connectivity index is 2.03. The number of nitrogens with zero attached hydrogens (tertiary/aromatic N) is 1. The molecule has 4 nitrogen and oxygen atoms in total. The van der Waals surface area contributed by atoms with Gasteiger partial charge in [0.2, 0.25) is 0 Å². The Kier molecular flexibility index (Phi) is 5.84. The summed E-state index contributed by atoms with van der Waals surface area (Å²) < 4.78 is 2.17. The van der Waals surface area contributed by atoms with E-state index in [1.165, 1.54) is 0 Å². The number of rotatable bonds is 6. The van der Waals surface area contributed by atoms with Crippen LogP contribution in [0.1, 0.15) is 66.6 Å². The first kappa shape index (κ1) is 18.3. The fourth-order valence-electron chi connectivity index (χ4n) is 3.31. The van der Waals surface area contributed by atoms with Gasteiger partial charge in [-0.3, -0.25) is 4.79 Å². The maximum Gasteiger partial charge on any atom is 0.253 e. The molecule has 0 aliphatic heterocycles. The van der Waals surface area contributed by atoms with Gasteiger partial charge in [0, 0.05) is 23.5 Å². The molecule has 0 saturated carbocycles. The number of aliphatic hydroxyl groups excluding tert-OH is 1. The third-order valence-corrected chi connectivity index (χ3v) is 4.38. The van der Waals surface area contributed by atoms with Gasteiger partial charge in [-0.05, 0) is 52.7 Å². The Bertz CT molecular complexity index is 689. The van der Waals surface area contributed by atoms with Crippen molar-refractivity contribution in [3.8, 4) is 0 Å². The first-order valence-corrected chi connectivity index (χ1v) is 8.53. The van der Waals surface area contributed by atoms with E-state index >= 15 is 0 Å². The van der Waals surface area contributed by atoms with Crippen LogP contribution in [0.2, 0.25) is 0 Å². The second-order valence-electron chi connectivity index (χ2n) is 6.79. The van der Waals surface area contributed by atoms with Crippen molar-refractivity contribution in [3.63, 3.8) is 0 Å². The van der Waals surface area contributed by atoms with Gasteiger partial charge < -0.3 is 15.0 Å². The lowest BCUT2D eigenvalue weighted by Gasteiger charge is -2.18. The third-order valence-electron chi connectivity index (χ3n) is 4.38. The van der Waals surface area contributed by atoms with E-state index < -0.39 is 6.10 Å². The number of aliphatic hydroxyl groups is 1. The summed E-state index contributed by atoms with van der Waals surface area (Å²) in [6.45, 7) is 10.1. The molecule has 0 bridgehead atoms. The lowest BCUT2D eigenvalue weighted by Crippen LogP contribution is -2.34. The number of aromatic nitrogens is 1.